The van der Waals surface area contributed by atoms with Crippen LogP contribution in [-0.4, -0.2) is 42.0 Å². The van der Waals surface area contributed by atoms with Crippen LogP contribution in [0.25, 0.3) is 0 Å². The molecule has 0 saturated carbocycles. The second-order valence-corrected chi connectivity index (χ2v) is 5.08. The lowest BCUT2D eigenvalue weighted by molar-refractivity contribution is -0.123. The molecule has 0 radical (unpaired) electrons. The van der Waals surface area contributed by atoms with E-state index in [1.54, 1.807) is 0 Å². The zero-order valence-electron chi connectivity index (χ0n) is 10.9. The van der Waals surface area contributed by atoms with Gasteiger partial charge in [0.1, 0.15) is 0 Å². The Kier molecular flexibility index (Phi) is 8.19. The van der Waals surface area contributed by atoms with Gasteiger partial charge in [0.2, 0.25) is 5.91 Å². The van der Waals surface area contributed by atoms with E-state index in [0.717, 1.165) is 19.4 Å². The number of nitrogens with zero attached hydrogens (tertiary/aromatic N) is 1. The molecule has 2 aliphatic heterocycles. The standard InChI is InChI=1S/C12H23N3O.2ClH/c1-2-11(13)12(16)14-9-5-7-15-6-3-4-10(15)8-9;;/h9-11H,2-8,13H2,1H3,(H,14,16);2*1H/t9?,10?,11-;;/m0../s1. The molecule has 0 aliphatic carbocycles. The maximum atomic E-state index is 11.7. The van der Waals surface area contributed by atoms with E-state index in [4.69, 9.17) is 5.73 Å². The molecule has 3 N–H and O–H groups in total. The summed E-state index contributed by atoms with van der Waals surface area (Å²) in [5, 5.41) is 3.09. The molecular weight excluding hydrogens is 273 g/mol. The number of nitrogens with two attached hydrogens (primary N) is 1. The molecule has 0 bridgehead atoms. The third-order valence-corrected chi connectivity index (χ3v) is 3.94. The summed E-state index contributed by atoms with van der Waals surface area (Å²) in [4.78, 5) is 14.2. The third-order valence-electron chi connectivity index (χ3n) is 3.94. The summed E-state index contributed by atoms with van der Waals surface area (Å²) in [6.45, 7) is 4.33. The lowest BCUT2D eigenvalue weighted by atomic mass is 9.97. The number of piperidine rings is 1. The lowest BCUT2D eigenvalue weighted by Crippen LogP contribution is -2.51. The highest BCUT2D eigenvalue weighted by atomic mass is 35.5. The molecule has 0 aromatic carbocycles. The lowest BCUT2D eigenvalue weighted by Gasteiger charge is -2.35. The fourth-order valence-electron chi connectivity index (χ4n) is 2.85. The number of hydrogen-bond acceptors (Lipinski definition) is 3. The molecule has 0 aromatic rings. The Morgan fingerprint density at radius 2 is 2.11 bits per heavy atom. The zero-order valence-corrected chi connectivity index (χ0v) is 12.6. The molecule has 0 spiro atoms. The molecule has 2 saturated heterocycles. The van der Waals surface area contributed by atoms with Crippen LogP contribution in [0, 0.1) is 0 Å². The van der Waals surface area contributed by atoms with Gasteiger partial charge in [-0.15, -0.1) is 24.8 Å². The number of carbonyl (C=O) groups is 1. The summed E-state index contributed by atoms with van der Waals surface area (Å²) in [7, 11) is 0. The van der Waals surface area contributed by atoms with Crippen LogP contribution < -0.4 is 11.1 Å². The van der Waals surface area contributed by atoms with Gasteiger partial charge in [-0.2, -0.15) is 0 Å². The second-order valence-electron chi connectivity index (χ2n) is 5.08. The van der Waals surface area contributed by atoms with Crippen molar-refractivity contribution in [2.75, 3.05) is 13.1 Å². The quantitative estimate of drug-likeness (QED) is 0.826. The van der Waals surface area contributed by atoms with Crippen LogP contribution in [0.15, 0.2) is 0 Å². The average molecular weight is 298 g/mol. The number of nitrogens with one attached hydrogen (secondary N) is 1. The predicted octanol–water partition coefficient (Wildman–Crippen LogP) is 1.31. The van der Waals surface area contributed by atoms with Crippen molar-refractivity contribution in [2.24, 2.45) is 5.73 Å². The number of fused-ring (bicyclic) bond motifs is 1. The van der Waals surface area contributed by atoms with Gasteiger partial charge in [0.25, 0.3) is 0 Å². The Hall–Kier alpha value is -0.0300. The van der Waals surface area contributed by atoms with Gasteiger partial charge in [-0.05, 0) is 38.6 Å². The van der Waals surface area contributed by atoms with Crippen molar-refractivity contribution in [1.29, 1.82) is 0 Å². The maximum absolute atomic E-state index is 11.7. The minimum atomic E-state index is -0.332. The Balaban J connectivity index is 0.00000144. The molecule has 2 unspecified atom stereocenters. The van der Waals surface area contributed by atoms with Gasteiger partial charge in [0, 0.05) is 18.6 Å². The van der Waals surface area contributed by atoms with Crippen molar-refractivity contribution < 1.29 is 4.79 Å². The summed E-state index contributed by atoms with van der Waals surface area (Å²) in [5.41, 5.74) is 5.72. The van der Waals surface area contributed by atoms with E-state index in [1.807, 2.05) is 6.92 Å². The number of carbonyl (C=O) groups excluding carboxylic acids is 1. The van der Waals surface area contributed by atoms with Crippen LogP contribution in [0.1, 0.15) is 39.0 Å². The fourth-order valence-corrected chi connectivity index (χ4v) is 2.85. The van der Waals surface area contributed by atoms with Gasteiger partial charge >= 0.3 is 0 Å². The van der Waals surface area contributed by atoms with E-state index in [0.29, 0.717) is 18.5 Å². The molecule has 2 aliphatic rings. The van der Waals surface area contributed by atoms with Crippen LogP contribution in [0.2, 0.25) is 0 Å². The Morgan fingerprint density at radius 3 is 2.78 bits per heavy atom. The Labute approximate surface area is 122 Å². The molecule has 2 fully saturated rings. The molecule has 18 heavy (non-hydrogen) atoms. The number of halogens is 2. The molecule has 0 aromatic heterocycles. The summed E-state index contributed by atoms with van der Waals surface area (Å²) >= 11 is 0. The Bertz CT molecular complexity index is 266. The Morgan fingerprint density at radius 1 is 1.39 bits per heavy atom. The van der Waals surface area contributed by atoms with Crippen LogP contribution in [0.5, 0.6) is 0 Å². The number of amides is 1. The van der Waals surface area contributed by atoms with Crippen molar-refractivity contribution in [3.05, 3.63) is 0 Å². The first-order valence-electron chi connectivity index (χ1n) is 6.50. The highest BCUT2D eigenvalue weighted by Crippen LogP contribution is 2.26. The van der Waals surface area contributed by atoms with E-state index in [2.05, 4.69) is 10.2 Å². The first kappa shape index (κ1) is 18.0. The van der Waals surface area contributed by atoms with Crippen molar-refractivity contribution >= 4 is 30.7 Å². The third kappa shape index (κ3) is 4.26. The highest BCUT2D eigenvalue weighted by molar-refractivity contribution is 5.85. The largest absolute Gasteiger partial charge is 0.352 e. The van der Waals surface area contributed by atoms with Crippen molar-refractivity contribution in [3.63, 3.8) is 0 Å². The molecule has 108 valence electrons. The minimum absolute atomic E-state index is 0. The topological polar surface area (TPSA) is 58.4 Å². The van der Waals surface area contributed by atoms with Crippen LogP contribution in [0.4, 0.5) is 0 Å². The van der Waals surface area contributed by atoms with Crippen molar-refractivity contribution in [2.45, 2.75) is 57.2 Å². The van der Waals surface area contributed by atoms with Gasteiger partial charge in [0.05, 0.1) is 6.04 Å². The second kappa shape index (κ2) is 8.20. The summed E-state index contributed by atoms with van der Waals surface area (Å²) in [6.07, 6.45) is 5.53. The maximum Gasteiger partial charge on any atom is 0.237 e. The first-order valence-corrected chi connectivity index (χ1v) is 6.50. The van der Waals surface area contributed by atoms with Gasteiger partial charge in [-0.1, -0.05) is 6.92 Å². The van der Waals surface area contributed by atoms with E-state index < -0.39 is 0 Å². The van der Waals surface area contributed by atoms with Crippen molar-refractivity contribution in [1.82, 2.24) is 10.2 Å². The summed E-state index contributed by atoms with van der Waals surface area (Å²) in [5.74, 6) is 0.0268. The van der Waals surface area contributed by atoms with Gasteiger partial charge in [0.15, 0.2) is 0 Å². The van der Waals surface area contributed by atoms with E-state index in [9.17, 15) is 4.79 Å². The monoisotopic (exact) mass is 297 g/mol. The predicted molar refractivity (Wildman–Crippen MR) is 78.5 cm³/mol. The van der Waals surface area contributed by atoms with Gasteiger partial charge < -0.3 is 16.0 Å². The molecule has 2 rings (SSSR count). The first-order chi connectivity index (χ1) is 7.70. The molecule has 2 heterocycles. The molecular formula is C12H25Cl2N3O. The normalized spacial score (nSPS) is 28.6. The molecule has 3 atom stereocenters. The fraction of sp³-hybridized carbons (Fsp3) is 0.917. The van der Waals surface area contributed by atoms with E-state index in [1.165, 1.54) is 19.4 Å². The average Bonchev–Trinajstić information content (AvgIpc) is 2.75. The van der Waals surface area contributed by atoms with Gasteiger partial charge in [-0.3, -0.25) is 4.79 Å². The minimum Gasteiger partial charge on any atom is -0.352 e. The SMILES string of the molecule is CC[C@H](N)C(=O)NC1CCN2CCCC2C1.Cl.Cl. The molecule has 4 nitrogen and oxygen atoms in total. The zero-order chi connectivity index (χ0) is 11.5. The summed E-state index contributed by atoms with van der Waals surface area (Å²) in [6, 6.07) is 0.725. The highest BCUT2D eigenvalue weighted by Gasteiger charge is 2.32. The van der Waals surface area contributed by atoms with E-state index in [-0.39, 0.29) is 36.8 Å². The number of hydrogen-bond donors (Lipinski definition) is 2. The number of rotatable bonds is 3. The van der Waals surface area contributed by atoms with Crippen molar-refractivity contribution in [3.8, 4) is 0 Å². The van der Waals surface area contributed by atoms with E-state index >= 15 is 0 Å². The van der Waals surface area contributed by atoms with Gasteiger partial charge in [-0.25, -0.2) is 0 Å². The van der Waals surface area contributed by atoms with Crippen LogP contribution in [-0.2, 0) is 4.79 Å². The van der Waals surface area contributed by atoms with Crippen LogP contribution >= 0.6 is 24.8 Å². The molecule has 6 heteroatoms. The molecule has 1 amide bonds. The smallest absolute Gasteiger partial charge is 0.237 e. The summed E-state index contributed by atoms with van der Waals surface area (Å²) < 4.78 is 0. The van der Waals surface area contributed by atoms with Crippen LogP contribution in [0.3, 0.4) is 0 Å².